The first kappa shape index (κ1) is 20.4. The van der Waals surface area contributed by atoms with Crippen LogP contribution in [0, 0.1) is 6.92 Å². The summed E-state index contributed by atoms with van der Waals surface area (Å²) in [5.41, 5.74) is 0.666. The first-order chi connectivity index (χ1) is 11.5. The molecule has 1 amide bonds. The normalized spacial score (nSPS) is 13.4. The van der Waals surface area contributed by atoms with E-state index >= 15 is 0 Å². The van der Waals surface area contributed by atoms with Crippen LogP contribution in [0.1, 0.15) is 46.1 Å². The van der Waals surface area contributed by atoms with Gasteiger partial charge in [-0.2, -0.15) is 0 Å². The van der Waals surface area contributed by atoms with Gasteiger partial charge in [0.2, 0.25) is 5.88 Å². The van der Waals surface area contributed by atoms with Crippen molar-refractivity contribution in [2.24, 2.45) is 0 Å². The van der Waals surface area contributed by atoms with Crippen LogP contribution < -0.4 is 10.1 Å². The molecule has 0 saturated carbocycles. The molecule has 24 heavy (non-hydrogen) atoms. The average Bonchev–Trinajstić information content (AvgIpc) is 2.53. The van der Waals surface area contributed by atoms with Crippen LogP contribution in [0.3, 0.4) is 0 Å². The summed E-state index contributed by atoms with van der Waals surface area (Å²) in [5.74, 6) is 0.395. The molecule has 136 valence electrons. The van der Waals surface area contributed by atoms with Crippen LogP contribution in [0.5, 0.6) is 5.88 Å². The third-order valence-electron chi connectivity index (χ3n) is 3.63. The SMILES string of the molecule is CCC[C@@](C)(OCC)C(=O)Nc1cnc(OCCOCC)c(C)c1. The van der Waals surface area contributed by atoms with Crippen molar-refractivity contribution in [2.45, 2.75) is 53.1 Å². The predicted molar refractivity (Wildman–Crippen MR) is 94.5 cm³/mol. The summed E-state index contributed by atoms with van der Waals surface area (Å²) >= 11 is 0. The van der Waals surface area contributed by atoms with Crippen molar-refractivity contribution in [3.8, 4) is 5.88 Å². The van der Waals surface area contributed by atoms with E-state index in [1.807, 2.05) is 40.7 Å². The number of amides is 1. The zero-order chi connectivity index (χ0) is 18.0. The van der Waals surface area contributed by atoms with Gasteiger partial charge in [-0.05, 0) is 40.2 Å². The third-order valence-corrected chi connectivity index (χ3v) is 3.63. The quantitative estimate of drug-likeness (QED) is 0.627. The summed E-state index contributed by atoms with van der Waals surface area (Å²) < 4.78 is 16.5. The van der Waals surface area contributed by atoms with E-state index in [4.69, 9.17) is 14.2 Å². The lowest BCUT2D eigenvalue weighted by atomic mass is 9.99. The number of carbonyl (C=O) groups is 1. The number of aromatic nitrogens is 1. The maximum atomic E-state index is 12.5. The largest absolute Gasteiger partial charge is 0.475 e. The van der Waals surface area contributed by atoms with Crippen LogP contribution in [0.15, 0.2) is 12.3 Å². The summed E-state index contributed by atoms with van der Waals surface area (Å²) in [6, 6.07) is 1.85. The first-order valence-electron chi connectivity index (χ1n) is 8.59. The van der Waals surface area contributed by atoms with E-state index in [9.17, 15) is 4.79 Å². The third kappa shape index (κ3) is 6.09. The van der Waals surface area contributed by atoms with Gasteiger partial charge in [-0.15, -0.1) is 0 Å². The fourth-order valence-corrected chi connectivity index (χ4v) is 2.43. The van der Waals surface area contributed by atoms with Gasteiger partial charge in [0.15, 0.2) is 0 Å². The Morgan fingerprint density at radius 2 is 2.00 bits per heavy atom. The maximum absolute atomic E-state index is 12.5. The number of ether oxygens (including phenoxy) is 3. The van der Waals surface area contributed by atoms with Crippen LogP contribution in [-0.2, 0) is 14.3 Å². The summed E-state index contributed by atoms with van der Waals surface area (Å²) in [5, 5.41) is 2.89. The van der Waals surface area contributed by atoms with Crippen molar-refractivity contribution in [1.82, 2.24) is 4.98 Å². The van der Waals surface area contributed by atoms with Gasteiger partial charge in [-0.3, -0.25) is 4.79 Å². The average molecular weight is 338 g/mol. The van der Waals surface area contributed by atoms with Gasteiger partial charge in [0.1, 0.15) is 12.2 Å². The van der Waals surface area contributed by atoms with Gasteiger partial charge in [-0.25, -0.2) is 4.98 Å². The molecule has 1 rings (SSSR count). The minimum absolute atomic E-state index is 0.155. The smallest absolute Gasteiger partial charge is 0.256 e. The minimum atomic E-state index is -0.829. The van der Waals surface area contributed by atoms with E-state index in [2.05, 4.69) is 10.3 Å². The van der Waals surface area contributed by atoms with Gasteiger partial charge in [-0.1, -0.05) is 13.3 Å². The van der Waals surface area contributed by atoms with Gasteiger partial charge in [0, 0.05) is 18.8 Å². The number of hydrogen-bond donors (Lipinski definition) is 1. The van der Waals surface area contributed by atoms with Crippen LogP contribution in [0.2, 0.25) is 0 Å². The molecule has 0 radical (unpaired) electrons. The highest BCUT2D eigenvalue weighted by Crippen LogP contribution is 2.23. The predicted octanol–water partition coefficient (Wildman–Crippen LogP) is 3.34. The minimum Gasteiger partial charge on any atom is -0.475 e. The van der Waals surface area contributed by atoms with Gasteiger partial charge < -0.3 is 19.5 Å². The highest BCUT2D eigenvalue weighted by Gasteiger charge is 2.33. The van der Waals surface area contributed by atoms with E-state index in [0.29, 0.717) is 44.4 Å². The Morgan fingerprint density at radius 1 is 1.25 bits per heavy atom. The number of carbonyl (C=O) groups excluding carboxylic acids is 1. The summed E-state index contributed by atoms with van der Waals surface area (Å²) in [4.78, 5) is 16.8. The lowest BCUT2D eigenvalue weighted by Gasteiger charge is -2.27. The second-order valence-corrected chi connectivity index (χ2v) is 5.76. The summed E-state index contributed by atoms with van der Waals surface area (Å²) in [6.07, 6.45) is 3.13. The zero-order valence-electron chi connectivity index (χ0n) is 15.5. The van der Waals surface area contributed by atoms with Crippen LogP contribution in [0.4, 0.5) is 5.69 Å². The molecule has 0 fully saturated rings. The van der Waals surface area contributed by atoms with E-state index in [0.717, 1.165) is 12.0 Å². The lowest BCUT2D eigenvalue weighted by Crippen LogP contribution is -2.42. The second kappa shape index (κ2) is 10.3. The van der Waals surface area contributed by atoms with Crippen molar-refractivity contribution in [2.75, 3.05) is 31.7 Å². The van der Waals surface area contributed by atoms with Gasteiger partial charge in [0.05, 0.1) is 18.5 Å². The molecule has 1 N–H and O–H groups in total. The lowest BCUT2D eigenvalue weighted by molar-refractivity contribution is -0.139. The van der Waals surface area contributed by atoms with Crippen molar-refractivity contribution in [3.05, 3.63) is 17.8 Å². The molecule has 1 aromatic rings. The molecule has 0 saturated heterocycles. The fraction of sp³-hybridized carbons (Fsp3) is 0.667. The molecular formula is C18H30N2O4. The number of anilines is 1. The fourth-order valence-electron chi connectivity index (χ4n) is 2.43. The number of pyridine rings is 1. The molecule has 1 aromatic heterocycles. The Hall–Kier alpha value is -1.66. The topological polar surface area (TPSA) is 69.7 Å². The van der Waals surface area contributed by atoms with Crippen molar-refractivity contribution < 1.29 is 19.0 Å². The Morgan fingerprint density at radius 3 is 2.58 bits per heavy atom. The molecule has 1 heterocycles. The summed E-state index contributed by atoms with van der Waals surface area (Å²) in [6.45, 7) is 11.7. The number of rotatable bonds is 11. The number of nitrogens with zero attached hydrogens (tertiary/aromatic N) is 1. The number of hydrogen-bond acceptors (Lipinski definition) is 5. The van der Waals surface area contributed by atoms with Crippen LogP contribution in [-0.4, -0.2) is 42.9 Å². The summed E-state index contributed by atoms with van der Waals surface area (Å²) in [7, 11) is 0. The first-order valence-corrected chi connectivity index (χ1v) is 8.59. The van der Waals surface area contributed by atoms with Crippen LogP contribution >= 0.6 is 0 Å². The maximum Gasteiger partial charge on any atom is 0.256 e. The Labute approximate surface area is 144 Å². The van der Waals surface area contributed by atoms with E-state index < -0.39 is 5.60 Å². The molecule has 0 aromatic carbocycles. The number of aryl methyl sites for hydroxylation is 1. The molecule has 1 atom stereocenters. The van der Waals surface area contributed by atoms with Gasteiger partial charge in [0.25, 0.3) is 5.91 Å². The van der Waals surface area contributed by atoms with Crippen LogP contribution in [0.25, 0.3) is 0 Å². The van der Waals surface area contributed by atoms with Crippen molar-refractivity contribution in [3.63, 3.8) is 0 Å². The molecule has 0 spiro atoms. The molecule has 6 heteroatoms. The molecular weight excluding hydrogens is 308 g/mol. The Bertz CT molecular complexity index is 514. The molecule has 0 aliphatic heterocycles. The monoisotopic (exact) mass is 338 g/mol. The highest BCUT2D eigenvalue weighted by atomic mass is 16.5. The molecule has 0 aliphatic rings. The highest BCUT2D eigenvalue weighted by molar-refractivity contribution is 5.97. The molecule has 0 aliphatic carbocycles. The second-order valence-electron chi connectivity index (χ2n) is 5.76. The Balaban J connectivity index is 2.70. The molecule has 0 unspecified atom stereocenters. The van der Waals surface area contributed by atoms with Gasteiger partial charge >= 0.3 is 0 Å². The van der Waals surface area contributed by atoms with E-state index in [1.54, 1.807) is 6.20 Å². The zero-order valence-corrected chi connectivity index (χ0v) is 15.5. The standard InChI is InChI=1S/C18H30N2O4/c1-6-9-18(5,24-8-3)17(21)20-15-12-14(4)16(19-13-15)23-11-10-22-7-2/h12-13H,6-11H2,1-5H3,(H,20,21)/t18-/m1/s1. The van der Waals surface area contributed by atoms with E-state index in [1.165, 1.54) is 0 Å². The molecule has 6 nitrogen and oxygen atoms in total. The number of nitrogens with one attached hydrogen (secondary N) is 1. The van der Waals surface area contributed by atoms with Crippen molar-refractivity contribution >= 4 is 11.6 Å². The van der Waals surface area contributed by atoms with Crippen molar-refractivity contribution in [1.29, 1.82) is 0 Å². The Kier molecular flexibility index (Phi) is 8.71. The molecule has 0 bridgehead atoms. The van der Waals surface area contributed by atoms with E-state index in [-0.39, 0.29) is 5.91 Å².